The Kier molecular flexibility index (Phi) is 2.29. The third-order valence-electron chi connectivity index (χ3n) is 1.65. The molecule has 0 radical (unpaired) electrons. The number of hydrogen-bond donors (Lipinski definition) is 2. The summed E-state index contributed by atoms with van der Waals surface area (Å²) in [5, 5.41) is 0. The molecule has 16 heavy (non-hydrogen) atoms. The van der Waals surface area contributed by atoms with Crippen LogP contribution in [0.5, 0.6) is 5.88 Å². The number of imidazole rings is 1. The van der Waals surface area contributed by atoms with Crippen molar-refractivity contribution < 1.29 is 17.9 Å². The minimum Gasteiger partial charge on any atom is -0.466 e. The Bertz CT molecular complexity index is 558. The van der Waals surface area contributed by atoms with Crippen LogP contribution in [-0.4, -0.2) is 32.7 Å². The maximum absolute atomic E-state index is 11.9. The number of aromatic nitrogens is 4. The average Bonchev–Trinajstić information content (AvgIpc) is 2.60. The van der Waals surface area contributed by atoms with E-state index in [1.165, 1.54) is 6.33 Å². The zero-order valence-electron chi connectivity index (χ0n) is 7.63. The molecular formula is C7H5F3N4O2. The fourth-order valence-corrected chi connectivity index (χ4v) is 1.08. The molecule has 0 bridgehead atoms. The fraction of sp³-hybridized carbons (Fsp3) is 0.286. The first-order chi connectivity index (χ1) is 7.46. The van der Waals surface area contributed by atoms with Gasteiger partial charge in [-0.3, -0.25) is 4.98 Å². The Hall–Kier alpha value is -2.06. The van der Waals surface area contributed by atoms with Crippen molar-refractivity contribution in [2.45, 2.75) is 6.18 Å². The van der Waals surface area contributed by atoms with Gasteiger partial charge in [0.25, 0.3) is 0 Å². The molecule has 0 aliphatic heterocycles. The lowest BCUT2D eigenvalue weighted by molar-refractivity contribution is -0.153. The van der Waals surface area contributed by atoms with Crippen LogP contribution in [-0.2, 0) is 0 Å². The van der Waals surface area contributed by atoms with Gasteiger partial charge < -0.3 is 9.72 Å². The first kappa shape index (κ1) is 10.5. The number of nitrogens with zero attached hydrogens (tertiary/aromatic N) is 2. The zero-order chi connectivity index (χ0) is 11.8. The van der Waals surface area contributed by atoms with Crippen LogP contribution in [0.1, 0.15) is 0 Å². The van der Waals surface area contributed by atoms with E-state index in [1.807, 2.05) is 0 Å². The molecule has 2 aromatic rings. The Morgan fingerprint density at radius 3 is 2.88 bits per heavy atom. The second-order valence-electron chi connectivity index (χ2n) is 2.88. The van der Waals surface area contributed by atoms with Crippen molar-refractivity contribution in [3.63, 3.8) is 0 Å². The Labute approximate surface area is 85.5 Å². The van der Waals surface area contributed by atoms with Gasteiger partial charge in [0.15, 0.2) is 12.3 Å². The van der Waals surface area contributed by atoms with Gasteiger partial charge in [-0.1, -0.05) is 0 Å². The number of alkyl halides is 3. The number of hydrogen-bond acceptors (Lipinski definition) is 4. The summed E-state index contributed by atoms with van der Waals surface area (Å²) in [6, 6.07) is 0. The van der Waals surface area contributed by atoms with Crippen LogP contribution in [0.25, 0.3) is 11.2 Å². The summed E-state index contributed by atoms with van der Waals surface area (Å²) in [5.41, 5.74) is -0.613. The van der Waals surface area contributed by atoms with Gasteiger partial charge in [0.1, 0.15) is 5.52 Å². The molecular weight excluding hydrogens is 229 g/mol. The molecule has 0 saturated carbocycles. The van der Waals surface area contributed by atoms with Gasteiger partial charge in [-0.15, -0.1) is 0 Å². The largest absolute Gasteiger partial charge is 0.466 e. The van der Waals surface area contributed by atoms with Gasteiger partial charge in [-0.05, 0) is 0 Å². The average molecular weight is 234 g/mol. The highest BCUT2D eigenvalue weighted by Crippen LogP contribution is 2.20. The van der Waals surface area contributed by atoms with Crippen LogP contribution in [0.3, 0.4) is 0 Å². The monoisotopic (exact) mass is 234 g/mol. The lowest BCUT2D eigenvalue weighted by Crippen LogP contribution is -2.21. The van der Waals surface area contributed by atoms with Crippen LogP contribution in [0.15, 0.2) is 11.1 Å². The summed E-state index contributed by atoms with van der Waals surface area (Å²) in [6.45, 7) is -1.52. The molecule has 0 amide bonds. The van der Waals surface area contributed by atoms with E-state index in [-0.39, 0.29) is 11.2 Å². The maximum atomic E-state index is 11.9. The second-order valence-corrected chi connectivity index (χ2v) is 2.88. The van der Waals surface area contributed by atoms with Crippen LogP contribution < -0.4 is 10.4 Å². The van der Waals surface area contributed by atoms with E-state index in [2.05, 4.69) is 24.7 Å². The van der Waals surface area contributed by atoms with Crippen LogP contribution in [0.4, 0.5) is 13.2 Å². The molecule has 2 aromatic heterocycles. The van der Waals surface area contributed by atoms with E-state index in [4.69, 9.17) is 0 Å². The smallest absolute Gasteiger partial charge is 0.422 e. The van der Waals surface area contributed by atoms with Gasteiger partial charge in [0.2, 0.25) is 5.88 Å². The van der Waals surface area contributed by atoms with Gasteiger partial charge in [-0.25, -0.2) is 9.78 Å². The molecule has 0 spiro atoms. The van der Waals surface area contributed by atoms with E-state index in [1.54, 1.807) is 0 Å². The second kappa shape index (κ2) is 3.51. The Morgan fingerprint density at radius 2 is 2.19 bits per heavy atom. The highest BCUT2D eigenvalue weighted by atomic mass is 19.4. The third kappa shape index (κ3) is 2.12. The van der Waals surface area contributed by atoms with E-state index in [0.717, 1.165) is 0 Å². The number of ether oxygens (including phenoxy) is 1. The third-order valence-corrected chi connectivity index (χ3v) is 1.65. The van der Waals surface area contributed by atoms with Gasteiger partial charge in [0, 0.05) is 0 Å². The molecule has 86 valence electrons. The van der Waals surface area contributed by atoms with E-state index < -0.39 is 24.4 Å². The molecule has 2 rings (SSSR count). The van der Waals surface area contributed by atoms with E-state index >= 15 is 0 Å². The summed E-state index contributed by atoms with van der Waals surface area (Å²) < 4.78 is 40.1. The maximum Gasteiger partial charge on any atom is 0.422 e. The summed E-state index contributed by atoms with van der Waals surface area (Å²) in [6.07, 6.45) is -3.28. The van der Waals surface area contributed by atoms with Crippen molar-refractivity contribution in [2.75, 3.05) is 6.61 Å². The van der Waals surface area contributed by atoms with Crippen molar-refractivity contribution in [2.24, 2.45) is 0 Å². The van der Waals surface area contributed by atoms with Gasteiger partial charge in [-0.2, -0.15) is 18.2 Å². The standard InChI is InChI=1S/C7H5F3N4O2/c8-7(9,10)1-16-5-3-4(12-2-11-3)13-6(15)14-5/h2H,1H2,(H2,11,12,13,14,15). The van der Waals surface area contributed by atoms with Crippen LogP contribution in [0, 0.1) is 0 Å². The van der Waals surface area contributed by atoms with Crippen molar-refractivity contribution in [3.8, 4) is 5.88 Å². The summed E-state index contributed by atoms with van der Waals surface area (Å²) >= 11 is 0. The number of aromatic amines is 2. The molecule has 0 fully saturated rings. The van der Waals surface area contributed by atoms with Crippen molar-refractivity contribution in [1.82, 2.24) is 19.9 Å². The normalized spacial score (nSPS) is 11.9. The van der Waals surface area contributed by atoms with Crippen LogP contribution >= 0.6 is 0 Å². The van der Waals surface area contributed by atoms with Gasteiger partial charge >= 0.3 is 11.9 Å². The van der Waals surface area contributed by atoms with E-state index in [9.17, 15) is 18.0 Å². The molecule has 0 unspecified atom stereocenters. The van der Waals surface area contributed by atoms with E-state index in [0.29, 0.717) is 0 Å². The molecule has 0 aliphatic carbocycles. The fourth-order valence-electron chi connectivity index (χ4n) is 1.08. The first-order valence-electron chi connectivity index (χ1n) is 4.09. The number of nitrogens with one attached hydrogen (secondary N) is 2. The molecule has 6 nitrogen and oxygen atoms in total. The van der Waals surface area contributed by atoms with Crippen molar-refractivity contribution >= 4 is 11.2 Å². The lowest BCUT2D eigenvalue weighted by atomic mass is 10.5. The minimum atomic E-state index is -4.49. The molecule has 0 atom stereocenters. The van der Waals surface area contributed by atoms with Gasteiger partial charge in [0.05, 0.1) is 6.33 Å². The molecule has 0 aromatic carbocycles. The summed E-state index contributed by atoms with van der Waals surface area (Å²) in [4.78, 5) is 22.6. The summed E-state index contributed by atoms with van der Waals surface area (Å²) in [5.74, 6) is -0.423. The zero-order valence-corrected chi connectivity index (χ0v) is 7.63. The highest BCUT2D eigenvalue weighted by Gasteiger charge is 2.29. The summed E-state index contributed by atoms with van der Waals surface area (Å²) in [7, 11) is 0. The van der Waals surface area contributed by atoms with Crippen LogP contribution in [0.2, 0.25) is 0 Å². The Balaban J connectivity index is 2.36. The minimum absolute atomic E-state index is 0.0946. The molecule has 2 N–H and O–H groups in total. The van der Waals surface area contributed by atoms with Crippen molar-refractivity contribution in [3.05, 3.63) is 16.8 Å². The first-order valence-corrected chi connectivity index (χ1v) is 4.09. The number of H-pyrrole nitrogens is 2. The number of fused-ring (bicyclic) bond motifs is 1. The molecule has 2 heterocycles. The topological polar surface area (TPSA) is 83.7 Å². The highest BCUT2D eigenvalue weighted by molar-refractivity contribution is 5.74. The predicted molar refractivity (Wildman–Crippen MR) is 46.1 cm³/mol. The molecule has 0 aliphatic rings. The number of rotatable bonds is 2. The lowest BCUT2D eigenvalue weighted by Gasteiger charge is -2.07. The quantitative estimate of drug-likeness (QED) is 0.796. The predicted octanol–water partition coefficient (Wildman–Crippen LogP) is 0.587. The SMILES string of the molecule is O=c1nc(OCC(F)(F)F)c2[nH]cnc2[nH]1. The molecule has 9 heteroatoms. The molecule has 0 saturated heterocycles. The number of halogens is 3. The van der Waals surface area contributed by atoms with Crippen molar-refractivity contribution in [1.29, 1.82) is 0 Å². The Morgan fingerprint density at radius 1 is 1.44 bits per heavy atom.